The first-order valence-electron chi connectivity index (χ1n) is 6.96. The zero-order valence-corrected chi connectivity index (χ0v) is 14.0. The monoisotopic (exact) mass is 307 g/mol. The van der Waals surface area contributed by atoms with Gasteiger partial charge in [0.1, 0.15) is 10.9 Å². The van der Waals surface area contributed by atoms with Gasteiger partial charge in [-0.1, -0.05) is 29.8 Å². The van der Waals surface area contributed by atoms with E-state index in [-0.39, 0.29) is 6.04 Å². The number of hydrogen-bond acceptors (Lipinski definition) is 3. The Hall–Kier alpha value is -1.52. The highest BCUT2D eigenvalue weighted by atomic mass is 35.5. The second kappa shape index (κ2) is 6.50. The lowest BCUT2D eigenvalue weighted by Gasteiger charge is -2.26. The van der Waals surface area contributed by atoms with Crippen molar-refractivity contribution in [3.05, 3.63) is 46.2 Å². The van der Waals surface area contributed by atoms with Crippen molar-refractivity contribution in [3.8, 4) is 5.75 Å². The lowest BCUT2D eigenvalue weighted by Crippen LogP contribution is -2.22. The quantitative estimate of drug-likeness (QED) is 0.846. The van der Waals surface area contributed by atoms with Gasteiger partial charge in [0.25, 0.3) is 0 Å². The van der Waals surface area contributed by atoms with E-state index < -0.39 is 0 Å². The zero-order valence-electron chi connectivity index (χ0n) is 13.2. The lowest BCUT2D eigenvalue weighted by atomic mass is 10.1. The number of methoxy groups -OCH3 is 1. The number of halogens is 1. The molecular weight excluding hydrogens is 286 g/mol. The second-order valence-electron chi connectivity index (χ2n) is 5.31. The van der Waals surface area contributed by atoms with Crippen molar-refractivity contribution in [3.63, 3.8) is 0 Å². The molecular formula is C16H22ClN3O. The van der Waals surface area contributed by atoms with E-state index in [0.717, 1.165) is 23.6 Å². The topological polar surface area (TPSA) is 30.3 Å². The first kappa shape index (κ1) is 15.9. The van der Waals surface area contributed by atoms with Crippen molar-refractivity contribution in [2.75, 3.05) is 14.2 Å². The molecule has 0 radical (unpaired) electrons. The van der Waals surface area contributed by atoms with E-state index in [1.165, 1.54) is 5.56 Å². The number of hydrogen-bond donors (Lipinski definition) is 0. The summed E-state index contributed by atoms with van der Waals surface area (Å²) in [5.41, 5.74) is 3.21. The summed E-state index contributed by atoms with van der Waals surface area (Å²) in [5, 5.41) is 5.06. The maximum Gasteiger partial charge on any atom is 0.131 e. The minimum atomic E-state index is 0.219. The van der Waals surface area contributed by atoms with E-state index in [1.54, 1.807) is 11.8 Å². The number of aromatic nitrogens is 2. The summed E-state index contributed by atoms with van der Waals surface area (Å²) >= 11 is 6.32. The van der Waals surface area contributed by atoms with Crippen LogP contribution >= 0.6 is 11.6 Å². The Bertz CT molecular complexity index is 624. The first-order chi connectivity index (χ1) is 9.95. The van der Waals surface area contributed by atoms with Crippen LogP contribution in [0.4, 0.5) is 0 Å². The summed E-state index contributed by atoms with van der Waals surface area (Å²) in [4.78, 5) is 2.24. The zero-order chi connectivity index (χ0) is 15.6. The van der Waals surface area contributed by atoms with Crippen molar-refractivity contribution in [1.82, 2.24) is 14.7 Å². The molecule has 114 valence electrons. The Morgan fingerprint density at radius 3 is 2.62 bits per heavy atom. The summed E-state index contributed by atoms with van der Waals surface area (Å²) in [6.07, 6.45) is 0. The fourth-order valence-corrected chi connectivity index (χ4v) is 2.72. The molecule has 4 nitrogen and oxygen atoms in total. The van der Waals surface area contributed by atoms with Crippen LogP contribution in [0.2, 0.25) is 5.15 Å². The normalized spacial score (nSPS) is 12.7. The van der Waals surface area contributed by atoms with E-state index in [9.17, 15) is 0 Å². The van der Waals surface area contributed by atoms with Crippen LogP contribution in [0.25, 0.3) is 0 Å². The highest BCUT2D eigenvalue weighted by Crippen LogP contribution is 2.30. The molecule has 0 saturated carbocycles. The maximum atomic E-state index is 6.32. The van der Waals surface area contributed by atoms with Gasteiger partial charge in [-0.05, 0) is 27.0 Å². The Morgan fingerprint density at radius 2 is 2.05 bits per heavy atom. The van der Waals surface area contributed by atoms with Crippen LogP contribution in [0, 0.1) is 6.92 Å². The summed E-state index contributed by atoms with van der Waals surface area (Å²) in [6, 6.07) is 8.32. The summed E-state index contributed by atoms with van der Waals surface area (Å²) in [7, 11) is 5.65. The third kappa shape index (κ3) is 3.22. The van der Waals surface area contributed by atoms with Crippen LogP contribution in [-0.2, 0) is 13.6 Å². The molecule has 1 aromatic heterocycles. The summed E-state index contributed by atoms with van der Waals surface area (Å²) in [6.45, 7) is 4.90. The van der Waals surface area contributed by atoms with Gasteiger partial charge in [-0.2, -0.15) is 5.10 Å². The van der Waals surface area contributed by atoms with E-state index in [1.807, 2.05) is 32.2 Å². The Labute approximate surface area is 131 Å². The Balaban J connectivity index is 2.21. The maximum absolute atomic E-state index is 6.32. The van der Waals surface area contributed by atoms with Crippen LogP contribution in [0.5, 0.6) is 5.75 Å². The molecule has 0 spiro atoms. The van der Waals surface area contributed by atoms with Gasteiger partial charge >= 0.3 is 0 Å². The number of ether oxygens (including phenoxy) is 1. The average Bonchev–Trinajstić information content (AvgIpc) is 2.72. The molecule has 2 aromatic rings. The summed E-state index contributed by atoms with van der Waals surface area (Å²) < 4.78 is 7.17. The van der Waals surface area contributed by atoms with Gasteiger partial charge in [-0.15, -0.1) is 0 Å². The third-order valence-corrected chi connectivity index (χ3v) is 4.40. The molecule has 0 fully saturated rings. The molecule has 1 aromatic carbocycles. The van der Waals surface area contributed by atoms with Crippen LogP contribution in [0.1, 0.15) is 29.8 Å². The SMILES string of the molecule is COc1ccccc1C(C)N(C)Cc1c(C)nn(C)c1Cl. The molecule has 0 aliphatic rings. The van der Waals surface area contributed by atoms with Crippen LogP contribution in [0.15, 0.2) is 24.3 Å². The minimum absolute atomic E-state index is 0.219. The summed E-state index contributed by atoms with van der Waals surface area (Å²) in [5.74, 6) is 0.908. The standard InChI is InChI=1S/C16H22ClN3O/c1-11-14(16(17)20(4)18-11)10-19(3)12(2)13-8-6-7-9-15(13)21-5/h6-9,12H,10H2,1-5H3. The predicted molar refractivity (Wildman–Crippen MR) is 85.8 cm³/mol. The highest BCUT2D eigenvalue weighted by molar-refractivity contribution is 6.30. The van der Waals surface area contributed by atoms with Crippen LogP contribution in [0.3, 0.4) is 0 Å². The Kier molecular flexibility index (Phi) is 4.91. The molecule has 21 heavy (non-hydrogen) atoms. The molecule has 0 N–H and O–H groups in total. The molecule has 1 heterocycles. The van der Waals surface area contributed by atoms with Crippen molar-refractivity contribution in [2.45, 2.75) is 26.4 Å². The third-order valence-electron chi connectivity index (χ3n) is 3.93. The smallest absolute Gasteiger partial charge is 0.131 e. The minimum Gasteiger partial charge on any atom is -0.496 e. The molecule has 5 heteroatoms. The molecule has 0 aliphatic heterocycles. The number of para-hydroxylation sites is 1. The fraction of sp³-hybridized carbons (Fsp3) is 0.438. The predicted octanol–water partition coefficient (Wildman–Crippen LogP) is 3.58. The first-order valence-corrected chi connectivity index (χ1v) is 7.34. The van der Waals surface area contributed by atoms with Crippen LogP contribution < -0.4 is 4.74 Å². The highest BCUT2D eigenvalue weighted by Gasteiger charge is 2.19. The van der Waals surface area contributed by atoms with Gasteiger partial charge in [-0.25, -0.2) is 0 Å². The van der Waals surface area contributed by atoms with E-state index in [4.69, 9.17) is 16.3 Å². The van der Waals surface area contributed by atoms with Gasteiger partial charge in [0, 0.05) is 30.8 Å². The van der Waals surface area contributed by atoms with Gasteiger partial charge in [0.05, 0.1) is 12.8 Å². The van der Waals surface area contributed by atoms with Gasteiger partial charge in [-0.3, -0.25) is 9.58 Å². The van der Waals surface area contributed by atoms with E-state index in [0.29, 0.717) is 5.15 Å². The number of rotatable bonds is 5. The average molecular weight is 308 g/mol. The van der Waals surface area contributed by atoms with Crippen molar-refractivity contribution in [2.24, 2.45) is 7.05 Å². The molecule has 2 rings (SSSR count). The number of benzene rings is 1. The van der Waals surface area contributed by atoms with E-state index in [2.05, 4.69) is 30.0 Å². The molecule has 1 atom stereocenters. The Morgan fingerprint density at radius 1 is 1.38 bits per heavy atom. The molecule has 0 aliphatic carbocycles. The molecule has 0 saturated heterocycles. The van der Waals surface area contributed by atoms with Crippen molar-refractivity contribution >= 4 is 11.6 Å². The van der Waals surface area contributed by atoms with Gasteiger partial charge in [0.2, 0.25) is 0 Å². The lowest BCUT2D eigenvalue weighted by molar-refractivity contribution is 0.246. The van der Waals surface area contributed by atoms with Crippen molar-refractivity contribution in [1.29, 1.82) is 0 Å². The molecule has 1 unspecified atom stereocenters. The number of aryl methyl sites for hydroxylation is 2. The van der Waals surface area contributed by atoms with Crippen LogP contribution in [-0.4, -0.2) is 28.8 Å². The molecule has 0 bridgehead atoms. The fourth-order valence-electron chi connectivity index (χ4n) is 2.49. The molecule has 0 amide bonds. The van der Waals surface area contributed by atoms with E-state index >= 15 is 0 Å². The van der Waals surface area contributed by atoms with Crippen molar-refractivity contribution < 1.29 is 4.74 Å². The van der Waals surface area contributed by atoms with Gasteiger partial charge in [0.15, 0.2) is 0 Å². The van der Waals surface area contributed by atoms with Gasteiger partial charge < -0.3 is 4.74 Å². The largest absolute Gasteiger partial charge is 0.496 e. The number of nitrogens with zero attached hydrogens (tertiary/aromatic N) is 3. The second-order valence-corrected chi connectivity index (χ2v) is 5.67.